The Labute approximate surface area is 195 Å². The molecule has 2 aromatic heterocycles. The second-order valence-electron chi connectivity index (χ2n) is 6.90. The summed E-state index contributed by atoms with van der Waals surface area (Å²) in [5, 5.41) is 0.480. The number of carbonyl (C=O) groups is 1. The SMILES string of the molecule is COc1cccc(C(=O)N(Cc2ccccn2)c2nc3c(OC)ccc(OC)c3s2)c1OC. The molecular formula is C24H23N3O5S. The molecule has 4 aromatic rings. The van der Waals surface area contributed by atoms with Crippen LogP contribution in [0.1, 0.15) is 16.1 Å². The Morgan fingerprint density at radius 2 is 1.64 bits per heavy atom. The Kier molecular flexibility index (Phi) is 6.60. The van der Waals surface area contributed by atoms with Gasteiger partial charge in [0, 0.05) is 6.20 Å². The van der Waals surface area contributed by atoms with E-state index in [2.05, 4.69) is 4.98 Å². The van der Waals surface area contributed by atoms with Crippen molar-refractivity contribution in [3.63, 3.8) is 0 Å². The summed E-state index contributed by atoms with van der Waals surface area (Å²) in [5.41, 5.74) is 1.69. The summed E-state index contributed by atoms with van der Waals surface area (Å²) >= 11 is 1.34. The molecule has 0 radical (unpaired) electrons. The molecule has 0 atom stereocenters. The second kappa shape index (κ2) is 9.74. The fourth-order valence-electron chi connectivity index (χ4n) is 3.47. The molecule has 0 aliphatic carbocycles. The summed E-state index contributed by atoms with van der Waals surface area (Å²) in [6.45, 7) is 0.213. The maximum atomic E-state index is 13.9. The molecule has 2 aromatic carbocycles. The summed E-state index contributed by atoms with van der Waals surface area (Å²) in [5.74, 6) is 1.77. The van der Waals surface area contributed by atoms with Crippen LogP contribution >= 0.6 is 11.3 Å². The Hall–Kier alpha value is -3.85. The van der Waals surface area contributed by atoms with Crippen LogP contribution < -0.4 is 23.8 Å². The van der Waals surface area contributed by atoms with Crippen LogP contribution in [0, 0.1) is 0 Å². The number of hydrogen-bond donors (Lipinski definition) is 0. The first kappa shape index (κ1) is 22.3. The van der Waals surface area contributed by atoms with Gasteiger partial charge in [0.15, 0.2) is 16.6 Å². The third-order valence-electron chi connectivity index (χ3n) is 5.05. The van der Waals surface area contributed by atoms with Crippen molar-refractivity contribution in [2.75, 3.05) is 33.3 Å². The van der Waals surface area contributed by atoms with E-state index in [1.165, 1.54) is 25.6 Å². The van der Waals surface area contributed by atoms with Crippen molar-refractivity contribution < 1.29 is 23.7 Å². The lowest BCUT2D eigenvalue weighted by Crippen LogP contribution is -2.31. The number of pyridine rings is 1. The highest BCUT2D eigenvalue weighted by Gasteiger charge is 2.27. The van der Waals surface area contributed by atoms with E-state index in [-0.39, 0.29) is 12.5 Å². The average Bonchev–Trinajstić information content (AvgIpc) is 3.31. The first-order chi connectivity index (χ1) is 16.1. The maximum Gasteiger partial charge on any atom is 0.264 e. The minimum atomic E-state index is -0.298. The van der Waals surface area contributed by atoms with Gasteiger partial charge in [-0.3, -0.25) is 14.7 Å². The molecule has 0 aliphatic heterocycles. The molecule has 0 spiro atoms. The number of thiazole rings is 1. The standard InChI is InChI=1S/C24H23N3O5S/c1-29-17-11-12-19(31-3)22-20(17)26-24(33-22)27(14-15-8-5-6-13-25-15)23(28)16-9-7-10-18(30-2)21(16)32-4/h5-13H,14H2,1-4H3. The van der Waals surface area contributed by atoms with Crippen LogP contribution in [0.4, 0.5) is 5.13 Å². The lowest BCUT2D eigenvalue weighted by molar-refractivity contribution is 0.0981. The summed E-state index contributed by atoms with van der Waals surface area (Å²) in [6.07, 6.45) is 1.69. The summed E-state index contributed by atoms with van der Waals surface area (Å²) in [4.78, 5) is 24.6. The van der Waals surface area contributed by atoms with Gasteiger partial charge in [-0.15, -0.1) is 0 Å². The molecule has 0 aliphatic rings. The second-order valence-corrected chi connectivity index (χ2v) is 7.88. The molecule has 1 amide bonds. The number of hydrogen-bond acceptors (Lipinski definition) is 8. The van der Waals surface area contributed by atoms with Gasteiger partial charge in [0.25, 0.3) is 5.91 Å². The number of amides is 1. The number of rotatable bonds is 8. The first-order valence-electron chi connectivity index (χ1n) is 10.1. The van der Waals surface area contributed by atoms with E-state index in [1.54, 1.807) is 49.6 Å². The minimum absolute atomic E-state index is 0.213. The average molecular weight is 466 g/mol. The van der Waals surface area contributed by atoms with Gasteiger partial charge in [0.2, 0.25) is 0 Å². The highest BCUT2D eigenvalue weighted by molar-refractivity contribution is 7.22. The van der Waals surface area contributed by atoms with Gasteiger partial charge in [-0.2, -0.15) is 0 Å². The van der Waals surface area contributed by atoms with E-state index in [0.717, 1.165) is 4.70 Å². The number of anilines is 1. The fourth-order valence-corrected chi connectivity index (χ4v) is 4.54. The number of benzene rings is 2. The summed E-state index contributed by atoms with van der Waals surface area (Å²) in [6, 6.07) is 14.4. The molecule has 0 fully saturated rings. The molecule has 0 unspecified atom stereocenters. The normalized spacial score (nSPS) is 10.7. The Morgan fingerprint density at radius 1 is 0.879 bits per heavy atom. The van der Waals surface area contributed by atoms with Crippen molar-refractivity contribution in [3.8, 4) is 23.0 Å². The van der Waals surface area contributed by atoms with Crippen LogP contribution in [0.2, 0.25) is 0 Å². The zero-order valence-electron chi connectivity index (χ0n) is 18.7. The summed E-state index contributed by atoms with van der Waals surface area (Å²) in [7, 11) is 6.21. The van der Waals surface area contributed by atoms with Gasteiger partial charge >= 0.3 is 0 Å². The van der Waals surface area contributed by atoms with Crippen molar-refractivity contribution in [1.82, 2.24) is 9.97 Å². The van der Waals surface area contributed by atoms with E-state index in [9.17, 15) is 4.79 Å². The maximum absolute atomic E-state index is 13.9. The Balaban J connectivity index is 1.87. The van der Waals surface area contributed by atoms with Crippen LogP contribution in [0.15, 0.2) is 54.7 Å². The topological polar surface area (TPSA) is 83.0 Å². The van der Waals surface area contributed by atoms with Gasteiger partial charge in [0.1, 0.15) is 21.7 Å². The third-order valence-corrected chi connectivity index (χ3v) is 6.15. The fraction of sp³-hybridized carbons (Fsp3) is 0.208. The lowest BCUT2D eigenvalue weighted by Gasteiger charge is -2.21. The lowest BCUT2D eigenvalue weighted by atomic mass is 10.1. The van der Waals surface area contributed by atoms with E-state index in [0.29, 0.717) is 44.9 Å². The Bertz CT molecular complexity index is 1240. The minimum Gasteiger partial charge on any atom is -0.495 e. The predicted octanol–water partition coefficient (Wildman–Crippen LogP) is 4.57. The number of ether oxygens (including phenoxy) is 4. The number of aromatic nitrogens is 2. The first-order valence-corrected chi connectivity index (χ1v) is 10.9. The van der Waals surface area contributed by atoms with Crippen molar-refractivity contribution in [2.24, 2.45) is 0 Å². The van der Waals surface area contributed by atoms with E-state index in [1.807, 2.05) is 24.3 Å². The highest BCUT2D eigenvalue weighted by Crippen LogP contribution is 2.41. The monoisotopic (exact) mass is 465 g/mol. The van der Waals surface area contributed by atoms with E-state index < -0.39 is 0 Å². The van der Waals surface area contributed by atoms with Crippen LogP contribution in [0.5, 0.6) is 23.0 Å². The molecule has 0 saturated carbocycles. The molecule has 0 N–H and O–H groups in total. The third kappa shape index (κ3) is 4.27. The number of carbonyl (C=O) groups excluding carboxylic acids is 1. The molecule has 0 saturated heterocycles. The number of para-hydroxylation sites is 1. The number of fused-ring (bicyclic) bond motifs is 1. The quantitative estimate of drug-likeness (QED) is 0.377. The summed E-state index contributed by atoms with van der Waals surface area (Å²) < 4.78 is 22.7. The van der Waals surface area contributed by atoms with Gasteiger partial charge in [-0.25, -0.2) is 4.98 Å². The van der Waals surface area contributed by atoms with Crippen LogP contribution in [-0.2, 0) is 6.54 Å². The van der Waals surface area contributed by atoms with Crippen LogP contribution in [0.3, 0.4) is 0 Å². The number of methoxy groups -OCH3 is 4. The molecule has 170 valence electrons. The van der Waals surface area contributed by atoms with Gasteiger partial charge < -0.3 is 18.9 Å². The van der Waals surface area contributed by atoms with Crippen molar-refractivity contribution >= 4 is 32.6 Å². The molecule has 2 heterocycles. The van der Waals surface area contributed by atoms with Crippen molar-refractivity contribution in [2.45, 2.75) is 6.54 Å². The van der Waals surface area contributed by atoms with Gasteiger partial charge in [0.05, 0.1) is 46.2 Å². The Morgan fingerprint density at radius 3 is 2.30 bits per heavy atom. The molecule has 4 rings (SSSR count). The van der Waals surface area contributed by atoms with Gasteiger partial charge in [-0.05, 0) is 36.4 Å². The molecular weight excluding hydrogens is 442 g/mol. The predicted molar refractivity (Wildman–Crippen MR) is 127 cm³/mol. The molecule has 8 nitrogen and oxygen atoms in total. The highest BCUT2D eigenvalue weighted by atomic mass is 32.1. The molecule has 0 bridgehead atoms. The van der Waals surface area contributed by atoms with E-state index >= 15 is 0 Å². The zero-order chi connectivity index (χ0) is 23.4. The zero-order valence-corrected chi connectivity index (χ0v) is 19.5. The molecule has 33 heavy (non-hydrogen) atoms. The largest absolute Gasteiger partial charge is 0.495 e. The van der Waals surface area contributed by atoms with Crippen LogP contribution in [-0.4, -0.2) is 44.3 Å². The smallest absolute Gasteiger partial charge is 0.264 e. The van der Waals surface area contributed by atoms with Gasteiger partial charge in [-0.1, -0.05) is 23.5 Å². The molecule has 9 heteroatoms. The van der Waals surface area contributed by atoms with Crippen molar-refractivity contribution in [1.29, 1.82) is 0 Å². The van der Waals surface area contributed by atoms with Crippen LogP contribution in [0.25, 0.3) is 10.2 Å². The number of nitrogens with zero attached hydrogens (tertiary/aromatic N) is 3. The van der Waals surface area contributed by atoms with E-state index in [4.69, 9.17) is 23.9 Å². The van der Waals surface area contributed by atoms with Crippen molar-refractivity contribution in [3.05, 3.63) is 66.0 Å².